The first-order valence-electron chi connectivity index (χ1n) is 10.1. The van der Waals surface area contributed by atoms with E-state index in [1.165, 1.54) is 12.1 Å². The third-order valence-electron chi connectivity index (χ3n) is 5.60. The first-order valence-corrected chi connectivity index (χ1v) is 10.5. The average molecular weight is 441 g/mol. The number of likely N-dealkylation sites (tertiary alicyclic amines) is 1. The van der Waals surface area contributed by atoms with Crippen molar-refractivity contribution in [1.29, 1.82) is 0 Å². The van der Waals surface area contributed by atoms with Crippen LogP contribution in [0.2, 0.25) is 5.02 Å². The standard InChI is InChI=1S/C24H22ClFN2O3/c1-31-22-11-9-19(17-6-2-3-7-18(17)22)24(30)28-12-4-5-15(14-28)23(29)27-21-10-8-16(26)13-20(21)25/h2-3,6-11,13,15H,4-5,12,14H2,1H3,(H,27,29). The van der Waals surface area contributed by atoms with Crippen LogP contribution in [0.25, 0.3) is 10.8 Å². The van der Waals surface area contributed by atoms with Crippen LogP contribution in [-0.4, -0.2) is 36.9 Å². The van der Waals surface area contributed by atoms with E-state index in [9.17, 15) is 14.0 Å². The second-order valence-electron chi connectivity index (χ2n) is 7.56. The molecular formula is C24H22ClFN2O3. The van der Waals surface area contributed by atoms with E-state index < -0.39 is 5.82 Å². The molecule has 4 rings (SSSR count). The molecule has 3 aromatic carbocycles. The van der Waals surface area contributed by atoms with Crippen molar-refractivity contribution in [2.24, 2.45) is 5.92 Å². The molecule has 0 aliphatic carbocycles. The van der Waals surface area contributed by atoms with Gasteiger partial charge in [-0.15, -0.1) is 0 Å². The Labute approximate surface area is 184 Å². The van der Waals surface area contributed by atoms with Gasteiger partial charge in [-0.2, -0.15) is 0 Å². The number of fused-ring (bicyclic) bond motifs is 1. The van der Waals surface area contributed by atoms with Gasteiger partial charge in [0.25, 0.3) is 5.91 Å². The summed E-state index contributed by atoms with van der Waals surface area (Å²) in [6, 6.07) is 15.0. The molecule has 0 spiro atoms. The largest absolute Gasteiger partial charge is 0.496 e. The number of benzene rings is 3. The molecule has 1 N–H and O–H groups in total. The fraction of sp³-hybridized carbons (Fsp3) is 0.250. The summed E-state index contributed by atoms with van der Waals surface area (Å²) >= 11 is 6.02. The van der Waals surface area contributed by atoms with Gasteiger partial charge in [0.2, 0.25) is 5.91 Å². The van der Waals surface area contributed by atoms with E-state index in [0.29, 0.717) is 36.5 Å². The van der Waals surface area contributed by atoms with Gasteiger partial charge in [-0.05, 0) is 48.6 Å². The summed E-state index contributed by atoms with van der Waals surface area (Å²) in [5.41, 5.74) is 0.941. The summed E-state index contributed by atoms with van der Waals surface area (Å²) < 4.78 is 18.7. The minimum absolute atomic E-state index is 0.115. The first-order chi connectivity index (χ1) is 15.0. The molecule has 160 valence electrons. The maximum Gasteiger partial charge on any atom is 0.254 e. The fourth-order valence-electron chi connectivity index (χ4n) is 4.01. The van der Waals surface area contributed by atoms with E-state index >= 15 is 0 Å². The lowest BCUT2D eigenvalue weighted by molar-refractivity contribution is -0.121. The highest BCUT2D eigenvalue weighted by Crippen LogP contribution is 2.30. The number of piperidine rings is 1. The lowest BCUT2D eigenvalue weighted by atomic mass is 9.95. The minimum Gasteiger partial charge on any atom is -0.496 e. The van der Waals surface area contributed by atoms with Crippen LogP contribution >= 0.6 is 11.6 Å². The maximum atomic E-state index is 13.3. The summed E-state index contributed by atoms with van der Waals surface area (Å²) in [6.45, 7) is 0.893. The number of ether oxygens (including phenoxy) is 1. The Hall–Kier alpha value is -3.12. The highest BCUT2D eigenvalue weighted by atomic mass is 35.5. The first kappa shape index (κ1) is 21.1. The molecule has 1 aliphatic heterocycles. The number of amides is 2. The number of carbonyl (C=O) groups excluding carboxylic acids is 2. The number of nitrogens with zero attached hydrogens (tertiary/aromatic N) is 1. The molecule has 1 saturated heterocycles. The number of hydrogen-bond donors (Lipinski definition) is 1. The van der Waals surface area contributed by atoms with E-state index in [0.717, 1.165) is 23.3 Å². The molecule has 2 amide bonds. The van der Waals surface area contributed by atoms with E-state index in [1.807, 2.05) is 24.3 Å². The molecule has 1 unspecified atom stereocenters. The Bertz CT molecular complexity index is 1150. The molecule has 5 nitrogen and oxygen atoms in total. The van der Waals surface area contributed by atoms with Crippen molar-refractivity contribution < 1.29 is 18.7 Å². The second-order valence-corrected chi connectivity index (χ2v) is 7.97. The van der Waals surface area contributed by atoms with Gasteiger partial charge in [0.1, 0.15) is 11.6 Å². The fourth-order valence-corrected chi connectivity index (χ4v) is 4.22. The van der Waals surface area contributed by atoms with Crippen molar-refractivity contribution in [3.05, 3.63) is 71.0 Å². The van der Waals surface area contributed by atoms with Gasteiger partial charge < -0.3 is 15.0 Å². The number of hydrogen-bond acceptors (Lipinski definition) is 3. The third kappa shape index (κ3) is 4.35. The van der Waals surface area contributed by atoms with Crippen molar-refractivity contribution >= 4 is 39.9 Å². The topological polar surface area (TPSA) is 58.6 Å². The van der Waals surface area contributed by atoms with Crippen LogP contribution in [0.1, 0.15) is 23.2 Å². The zero-order chi connectivity index (χ0) is 22.0. The molecule has 1 fully saturated rings. The Morgan fingerprint density at radius 3 is 2.65 bits per heavy atom. The second kappa shape index (κ2) is 8.94. The molecule has 31 heavy (non-hydrogen) atoms. The van der Waals surface area contributed by atoms with Gasteiger partial charge in [0.15, 0.2) is 0 Å². The number of carbonyl (C=O) groups is 2. The van der Waals surface area contributed by atoms with E-state index in [-0.39, 0.29) is 22.8 Å². The summed E-state index contributed by atoms with van der Waals surface area (Å²) in [6.07, 6.45) is 1.38. The molecule has 1 atom stereocenters. The molecule has 1 aliphatic rings. The van der Waals surface area contributed by atoms with E-state index in [2.05, 4.69) is 5.32 Å². The van der Waals surface area contributed by atoms with Gasteiger partial charge in [-0.1, -0.05) is 35.9 Å². The molecule has 0 saturated carbocycles. The Morgan fingerprint density at radius 2 is 1.90 bits per heavy atom. The van der Waals surface area contributed by atoms with Gasteiger partial charge in [0.05, 0.1) is 23.7 Å². The maximum absolute atomic E-state index is 13.3. The predicted octanol–water partition coefficient (Wildman–Crippen LogP) is 5.13. The van der Waals surface area contributed by atoms with Crippen LogP contribution in [-0.2, 0) is 4.79 Å². The number of nitrogens with one attached hydrogen (secondary N) is 1. The number of halogens is 2. The zero-order valence-corrected chi connectivity index (χ0v) is 17.8. The lowest BCUT2D eigenvalue weighted by Crippen LogP contribution is -2.43. The zero-order valence-electron chi connectivity index (χ0n) is 17.0. The van der Waals surface area contributed by atoms with Gasteiger partial charge in [-0.3, -0.25) is 9.59 Å². The van der Waals surface area contributed by atoms with Crippen LogP contribution in [0.3, 0.4) is 0 Å². The molecule has 7 heteroatoms. The van der Waals surface area contributed by atoms with Gasteiger partial charge >= 0.3 is 0 Å². The van der Waals surface area contributed by atoms with Crippen molar-refractivity contribution in [2.45, 2.75) is 12.8 Å². The summed E-state index contributed by atoms with van der Waals surface area (Å²) in [5, 5.41) is 4.58. The van der Waals surface area contributed by atoms with Crippen LogP contribution in [0.5, 0.6) is 5.75 Å². The van der Waals surface area contributed by atoms with Gasteiger partial charge in [0, 0.05) is 24.0 Å². The minimum atomic E-state index is -0.468. The summed E-state index contributed by atoms with van der Waals surface area (Å²) in [7, 11) is 1.60. The third-order valence-corrected chi connectivity index (χ3v) is 5.92. The molecular weight excluding hydrogens is 419 g/mol. The molecule has 0 aromatic heterocycles. The SMILES string of the molecule is COc1ccc(C(=O)N2CCCC(C(=O)Nc3ccc(F)cc3Cl)C2)c2ccccc12. The number of anilines is 1. The van der Waals surface area contributed by atoms with E-state index in [1.54, 1.807) is 24.1 Å². The van der Waals surface area contributed by atoms with Crippen LogP contribution in [0.4, 0.5) is 10.1 Å². The Morgan fingerprint density at radius 1 is 1.13 bits per heavy atom. The smallest absolute Gasteiger partial charge is 0.254 e. The predicted molar refractivity (Wildman–Crippen MR) is 119 cm³/mol. The van der Waals surface area contributed by atoms with Crippen molar-refractivity contribution in [3.8, 4) is 5.75 Å². The van der Waals surface area contributed by atoms with Crippen LogP contribution in [0, 0.1) is 11.7 Å². The molecule has 3 aromatic rings. The summed E-state index contributed by atoms with van der Waals surface area (Å²) in [5.74, 6) is -0.478. The molecule has 0 bridgehead atoms. The molecule has 1 heterocycles. The van der Waals surface area contributed by atoms with Crippen molar-refractivity contribution in [3.63, 3.8) is 0 Å². The highest BCUT2D eigenvalue weighted by Gasteiger charge is 2.30. The Balaban J connectivity index is 1.53. The average Bonchev–Trinajstić information content (AvgIpc) is 2.79. The lowest BCUT2D eigenvalue weighted by Gasteiger charge is -2.32. The van der Waals surface area contributed by atoms with Crippen LogP contribution < -0.4 is 10.1 Å². The van der Waals surface area contributed by atoms with Gasteiger partial charge in [-0.25, -0.2) is 4.39 Å². The quantitative estimate of drug-likeness (QED) is 0.611. The van der Waals surface area contributed by atoms with E-state index in [4.69, 9.17) is 16.3 Å². The van der Waals surface area contributed by atoms with Crippen molar-refractivity contribution in [2.75, 3.05) is 25.5 Å². The normalized spacial score (nSPS) is 16.2. The van der Waals surface area contributed by atoms with Crippen molar-refractivity contribution in [1.82, 2.24) is 4.90 Å². The number of methoxy groups -OCH3 is 1. The highest BCUT2D eigenvalue weighted by molar-refractivity contribution is 6.33. The monoisotopic (exact) mass is 440 g/mol. The Kier molecular flexibility index (Phi) is 6.09. The molecule has 0 radical (unpaired) electrons. The van der Waals surface area contributed by atoms with Crippen LogP contribution in [0.15, 0.2) is 54.6 Å². The number of rotatable bonds is 4. The summed E-state index contributed by atoms with van der Waals surface area (Å²) in [4.78, 5) is 27.8.